The van der Waals surface area contributed by atoms with Crippen LogP contribution in [0.2, 0.25) is 5.02 Å². The number of anilines is 5. The molecule has 0 spiro atoms. The Kier molecular flexibility index (Phi) is 9.03. The Hall–Kier alpha value is -3.56. The van der Waals surface area contributed by atoms with Crippen molar-refractivity contribution < 1.29 is 9.53 Å². The van der Waals surface area contributed by atoms with Crippen LogP contribution in [0.15, 0.2) is 48.7 Å². The Labute approximate surface area is 223 Å². The standard InChI is InChI=1S/C27H34ClN7O2/c1-4-29-18-13-14-35(17-18)19-11-12-23(24(15-19)37-6-3)33-27-31-16-21(28)25(34-27)32-22-10-8-7-9-20(22)26(36)30-5-2/h7-12,15-16,18,29H,4-6,13-14,17H2,1-3H3,(H,30,36)(H2,31,32,33,34). The Morgan fingerprint density at radius 2 is 1.95 bits per heavy atom. The molecule has 3 aromatic rings. The topological polar surface area (TPSA) is 103 Å². The first-order valence-electron chi connectivity index (χ1n) is 12.7. The van der Waals surface area contributed by atoms with Crippen molar-refractivity contribution in [1.29, 1.82) is 0 Å². The second kappa shape index (κ2) is 12.6. The average molecular weight is 524 g/mol. The smallest absolute Gasteiger partial charge is 0.253 e. The predicted molar refractivity (Wildman–Crippen MR) is 150 cm³/mol. The van der Waals surface area contributed by atoms with Gasteiger partial charge in [0.25, 0.3) is 5.91 Å². The lowest BCUT2D eigenvalue weighted by Gasteiger charge is -2.21. The molecule has 0 aliphatic carbocycles. The molecule has 1 saturated heterocycles. The van der Waals surface area contributed by atoms with Crippen molar-refractivity contribution in [1.82, 2.24) is 20.6 Å². The van der Waals surface area contributed by atoms with Gasteiger partial charge in [0.05, 0.1) is 29.7 Å². The van der Waals surface area contributed by atoms with Gasteiger partial charge >= 0.3 is 0 Å². The summed E-state index contributed by atoms with van der Waals surface area (Å²) in [5, 5.41) is 13.1. The summed E-state index contributed by atoms with van der Waals surface area (Å²) in [5.74, 6) is 1.29. The number of aromatic nitrogens is 2. The molecule has 0 radical (unpaired) electrons. The molecule has 1 atom stereocenters. The van der Waals surface area contributed by atoms with E-state index in [4.69, 9.17) is 16.3 Å². The van der Waals surface area contributed by atoms with Gasteiger partial charge < -0.3 is 30.9 Å². The van der Waals surface area contributed by atoms with Gasteiger partial charge in [0.15, 0.2) is 5.82 Å². The molecule has 9 nitrogen and oxygen atoms in total. The highest BCUT2D eigenvalue weighted by atomic mass is 35.5. The monoisotopic (exact) mass is 523 g/mol. The van der Waals surface area contributed by atoms with E-state index >= 15 is 0 Å². The molecule has 0 bridgehead atoms. The van der Waals surface area contributed by atoms with Crippen molar-refractivity contribution >= 4 is 46.3 Å². The van der Waals surface area contributed by atoms with Crippen LogP contribution in [-0.2, 0) is 0 Å². The SMILES string of the molecule is CCNC(=O)c1ccccc1Nc1nc(Nc2ccc(N3CCC(NCC)C3)cc2OCC)ncc1Cl. The van der Waals surface area contributed by atoms with Gasteiger partial charge in [-0.2, -0.15) is 4.98 Å². The first-order chi connectivity index (χ1) is 18.0. The minimum atomic E-state index is -0.176. The van der Waals surface area contributed by atoms with Crippen LogP contribution < -0.4 is 30.9 Å². The molecule has 1 amide bonds. The summed E-state index contributed by atoms with van der Waals surface area (Å²) in [7, 11) is 0. The minimum Gasteiger partial charge on any atom is -0.492 e. The number of para-hydroxylation sites is 1. The molecule has 37 heavy (non-hydrogen) atoms. The number of nitrogens with one attached hydrogen (secondary N) is 4. The van der Waals surface area contributed by atoms with E-state index < -0.39 is 0 Å². The van der Waals surface area contributed by atoms with Crippen molar-refractivity contribution in [2.45, 2.75) is 33.2 Å². The molecule has 0 saturated carbocycles. The Balaban J connectivity index is 1.55. The largest absolute Gasteiger partial charge is 0.492 e. The van der Waals surface area contributed by atoms with Crippen molar-refractivity contribution in [3.63, 3.8) is 0 Å². The molecule has 1 unspecified atom stereocenters. The van der Waals surface area contributed by atoms with Crippen LogP contribution in [0, 0.1) is 0 Å². The highest BCUT2D eigenvalue weighted by molar-refractivity contribution is 6.33. The number of hydrogen-bond donors (Lipinski definition) is 4. The fourth-order valence-corrected chi connectivity index (χ4v) is 4.48. The zero-order valence-electron chi connectivity index (χ0n) is 21.5. The molecule has 10 heteroatoms. The molecule has 2 aromatic carbocycles. The molecule has 1 aliphatic heterocycles. The van der Waals surface area contributed by atoms with E-state index in [1.807, 2.05) is 32.0 Å². The maximum atomic E-state index is 12.5. The summed E-state index contributed by atoms with van der Waals surface area (Å²) in [6, 6.07) is 13.8. The van der Waals surface area contributed by atoms with E-state index in [1.165, 1.54) is 6.20 Å². The van der Waals surface area contributed by atoms with Crippen LogP contribution >= 0.6 is 11.6 Å². The van der Waals surface area contributed by atoms with Gasteiger partial charge in [0, 0.05) is 37.4 Å². The maximum Gasteiger partial charge on any atom is 0.253 e. The zero-order chi connectivity index (χ0) is 26.2. The van der Waals surface area contributed by atoms with E-state index in [9.17, 15) is 4.79 Å². The van der Waals surface area contributed by atoms with Gasteiger partial charge in [-0.3, -0.25) is 4.79 Å². The number of hydrogen-bond acceptors (Lipinski definition) is 8. The lowest BCUT2D eigenvalue weighted by atomic mass is 10.1. The van der Waals surface area contributed by atoms with E-state index in [0.29, 0.717) is 47.2 Å². The first-order valence-corrected chi connectivity index (χ1v) is 13.1. The molecular formula is C27H34ClN7O2. The van der Waals surface area contributed by atoms with Crippen LogP contribution in [0.1, 0.15) is 37.6 Å². The number of likely N-dealkylation sites (N-methyl/N-ethyl adjacent to an activating group) is 1. The number of rotatable bonds is 11. The fraction of sp³-hybridized carbons (Fsp3) is 0.370. The average Bonchev–Trinajstić information content (AvgIpc) is 3.36. The fourth-order valence-electron chi connectivity index (χ4n) is 4.34. The number of carbonyl (C=O) groups excluding carboxylic acids is 1. The predicted octanol–water partition coefficient (Wildman–Crippen LogP) is 4.95. The van der Waals surface area contributed by atoms with Crippen LogP contribution in [0.25, 0.3) is 0 Å². The van der Waals surface area contributed by atoms with Crippen LogP contribution in [0.5, 0.6) is 5.75 Å². The Bertz CT molecular complexity index is 1220. The van der Waals surface area contributed by atoms with Gasteiger partial charge in [-0.1, -0.05) is 30.7 Å². The first kappa shape index (κ1) is 26.5. The molecule has 4 rings (SSSR count). The third-order valence-corrected chi connectivity index (χ3v) is 6.34. The molecule has 1 aliphatic rings. The molecule has 4 N–H and O–H groups in total. The normalized spacial score (nSPS) is 14.9. The van der Waals surface area contributed by atoms with Crippen molar-refractivity contribution in [2.75, 3.05) is 48.3 Å². The minimum absolute atomic E-state index is 0.176. The van der Waals surface area contributed by atoms with Crippen molar-refractivity contribution in [3.05, 3.63) is 59.2 Å². The van der Waals surface area contributed by atoms with Gasteiger partial charge in [-0.05, 0) is 51.1 Å². The van der Waals surface area contributed by atoms with E-state index in [2.05, 4.69) is 55.2 Å². The van der Waals surface area contributed by atoms with Crippen molar-refractivity contribution in [3.8, 4) is 5.75 Å². The summed E-state index contributed by atoms with van der Waals surface area (Å²) in [4.78, 5) is 23.8. The maximum absolute atomic E-state index is 12.5. The van der Waals surface area contributed by atoms with Gasteiger partial charge in [0.1, 0.15) is 10.8 Å². The number of halogens is 1. The second-order valence-electron chi connectivity index (χ2n) is 8.65. The van der Waals surface area contributed by atoms with Crippen LogP contribution in [0.4, 0.5) is 28.8 Å². The molecule has 2 heterocycles. The summed E-state index contributed by atoms with van der Waals surface area (Å²) in [6.07, 6.45) is 2.64. The lowest BCUT2D eigenvalue weighted by Crippen LogP contribution is -2.32. The quantitative estimate of drug-likeness (QED) is 0.280. The van der Waals surface area contributed by atoms with Gasteiger partial charge in [-0.15, -0.1) is 0 Å². The van der Waals surface area contributed by atoms with E-state index in [0.717, 1.165) is 43.2 Å². The summed E-state index contributed by atoms with van der Waals surface area (Å²) in [6.45, 7) is 9.98. The Morgan fingerprint density at radius 1 is 1.11 bits per heavy atom. The van der Waals surface area contributed by atoms with Gasteiger partial charge in [0.2, 0.25) is 5.95 Å². The number of benzene rings is 2. The summed E-state index contributed by atoms with van der Waals surface area (Å²) in [5.41, 5.74) is 2.97. The van der Waals surface area contributed by atoms with Gasteiger partial charge in [-0.25, -0.2) is 4.98 Å². The van der Waals surface area contributed by atoms with E-state index in [1.54, 1.807) is 12.1 Å². The van der Waals surface area contributed by atoms with Crippen LogP contribution in [0.3, 0.4) is 0 Å². The third-order valence-electron chi connectivity index (χ3n) is 6.06. The highest BCUT2D eigenvalue weighted by Crippen LogP contribution is 2.34. The molecule has 1 aromatic heterocycles. The van der Waals surface area contributed by atoms with E-state index in [-0.39, 0.29) is 5.91 Å². The third kappa shape index (κ3) is 6.61. The summed E-state index contributed by atoms with van der Waals surface area (Å²) >= 11 is 6.40. The molecule has 1 fully saturated rings. The summed E-state index contributed by atoms with van der Waals surface area (Å²) < 4.78 is 5.95. The van der Waals surface area contributed by atoms with Crippen LogP contribution in [-0.4, -0.2) is 54.7 Å². The second-order valence-corrected chi connectivity index (χ2v) is 9.06. The van der Waals surface area contributed by atoms with Crippen molar-refractivity contribution in [2.24, 2.45) is 0 Å². The number of amides is 1. The lowest BCUT2D eigenvalue weighted by molar-refractivity contribution is 0.0956. The zero-order valence-corrected chi connectivity index (χ0v) is 22.2. The molecule has 196 valence electrons. The number of ether oxygens (including phenoxy) is 1. The molecular weight excluding hydrogens is 490 g/mol. The number of nitrogens with zero attached hydrogens (tertiary/aromatic N) is 3. The Morgan fingerprint density at radius 3 is 2.73 bits per heavy atom. The number of carbonyl (C=O) groups is 1. The highest BCUT2D eigenvalue weighted by Gasteiger charge is 2.23.